The molecule has 1 amide bonds. The van der Waals surface area contributed by atoms with Crippen molar-refractivity contribution in [3.8, 4) is 0 Å². The molecule has 0 aliphatic heterocycles. The van der Waals surface area contributed by atoms with Crippen molar-refractivity contribution in [3.05, 3.63) is 42.5 Å². The number of nitrogens with zero attached hydrogens (tertiary/aromatic N) is 5. The van der Waals surface area contributed by atoms with E-state index >= 15 is 0 Å². The van der Waals surface area contributed by atoms with Gasteiger partial charge in [-0.1, -0.05) is 48.2 Å². The van der Waals surface area contributed by atoms with E-state index in [0.717, 1.165) is 34.5 Å². The van der Waals surface area contributed by atoms with E-state index < -0.39 is 0 Å². The standard InChI is InChI=1S/C19H21N5OS/c1-3-23(17-10-6-8-14-7-4-5-9-16(14)17)18(25)13(2)26-19-20-21-22-24(19)15-11-12-15/h4-10,13,15H,3,11-12H2,1-2H3/t13-/m0/s1. The molecule has 134 valence electrons. The maximum Gasteiger partial charge on any atom is 0.240 e. The van der Waals surface area contributed by atoms with E-state index in [4.69, 9.17) is 0 Å². The lowest BCUT2D eigenvalue weighted by Crippen LogP contribution is -2.36. The summed E-state index contributed by atoms with van der Waals surface area (Å²) in [4.78, 5) is 15.0. The van der Waals surface area contributed by atoms with Crippen molar-refractivity contribution in [2.45, 2.75) is 43.1 Å². The molecule has 1 aromatic heterocycles. The summed E-state index contributed by atoms with van der Waals surface area (Å²) in [7, 11) is 0. The van der Waals surface area contributed by atoms with Gasteiger partial charge in [0.2, 0.25) is 11.1 Å². The average molecular weight is 367 g/mol. The number of aromatic nitrogens is 4. The molecule has 1 saturated carbocycles. The van der Waals surface area contributed by atoms with E-state index in [1.165, 1.54) is 11.8 Å². The van der Waals surface area contributed by atoms with E-state index in [1.807, 2.05) is 47.7 Å². The maximum atomic E-state index is 13.2. The number of hydrogen-bond acceptors (Lipinski definition) is 5. The van der Waals surface area contributed by atoms with Crippen molar-refractivity contribution in [3.63, 3.8) is 0 Å². The zero-order chi connectivity index (χ0) is 18.1. The van der Waals surface area contributed by atoms with Crippen LogP contribution in [0.2, 0.25) is 0 Å². The second kappa shape index (κ2) is 7.07. The maximum absolute atomic E-state index is 13.2. The van der Waals surface area contributed by atoms with Crippen LogP contribution >= 0.6 is 11.8 Å². The van der Waals surface area contributed by atoms with Crippen molar-refractivity contribution in [1.29, 1.82) is 0 Å². The van der Waals surface area contributed by atoms with Crippen LogP contribution in [0.5, 0.6) is 0 Å². The number of thioether (sulfide) groups is 1. The number of anilines is 1. The Bertz CT molecular complexity index is 931. The third kappa shape index (κ3) is 3.19. The van der Waals surface area contributed by atoms with Crippen LogP contribution in [-0.4, -0.2) is 37.9 Å². The largest absolute Gasteiger partial charge is 0.311 e. The molecular formula is C19H21N5OS. The summed E-state index contributed by atoms with van der Waals surface area (Å²) in [5, 5.41) is 14.6. The van der Waals surface area contributed by atoms with Crippen molar-refractivity contribution >= 4 is 34.1 Å². The average Bonchev–Trinajstić information content (AvgIpc) is 3.41. The molecule has 7 heteroatoms. The first-order valence-electron chi connectivity index (χ1n) is 8.92. The fourth-order valence-electron chi connectivity index (χ4n) is 3.13. The Morgan fingerprint density at radius 2 is 2.04 bits per heavy atom. The molecule has 6 nitrogen and oxygen atoms in total. The highest BCUT2D eigenvalue weighted by atomic mass is 32.2. The fourth-order valence-corrected chi connectivity index (χ4v) is 4.05. The van der Waals surface area contributed by atoms with E-state index in [9.17, 15) is 4.79 Å². The molecule has 26 heavy (non-hydrogen) atoms. The predicted molar refractivity (Wildman–Crippen MR) is 103 cm³/mol. The van der Waals surface area contributed by atoms with Gasteiger partial charge in [0.15, 0.2) is 0 Å². The molecule has 1 aliphatic carbocycles. The van der Waals surface area contributed by atoms with Crippen molar-refractivity contribution in [1.82, 2.24) is 20.2 Å². The van der Waals surface area contributed by atoms with Crippen molar-refractivity contribution in [2.75, 3.05) is 11.4 Å². The number of carbonyl (C=O) groups excluding carboxylic acids is 1. The van der Waals surface area contributed by atoms with E-state index in [0.29, 0.717) is 12.6 Å². The quantitative estimate of drug-likeness (QED) is 0.622. The minimum absolute atomic E-state index is 0.0687. The summed E-state index contributed by atoms with van der Waals surface area (Å²) in [6.45, 7) is 4.54. The molecule has 0 N–H and O–H groups in total. The minimum atomic E-state index is -0.266. The van der Waals surface area contributed by atoms with Crippen molar-refractivity contribution < 1.29 is 4.79 Å². The monoisotopic (exact) mass is 367 g/mol. The molecule has 0 saturated heterocycles. The van der Waals surface area contributed by atoms with Gasteiger partial charge in [-0.05, 0) is 48.6 Å². The number of tetrazole rings is 1. The van der Waals surface area contributed by atoms with Crippen LogP contribution in [0, 0.1) is 0 Å². The van der Waals surface area contributed by atoms with Gasteiger partial charge in [0.1, 0.15) is 0 Å². The Hall–Kier alpha value is -2.41. The lowest BCUT2D eigenvalue weighted by Gasteiger charge is -2.25. The topological polar surface area (TPSA) is 63.9 Å². The third-order valence-corrected chi connectivity index (χ3v) is 5.66. The van der Waals surface area contributed by atoms with Crippen LogP contribution in [0.3, 0.4) is 0 Å². The van der Waals surface area contributed by atoms with Crippen LogP contribution in [0.1, 0.15) is 32.7 Å². The molecule has 1 fully saturated rings. The van der Waals surface area contributed by atoms with Gasteiger partial charge in [-0.15, -0.1) is 5.10 Å². The highest BCUT2D eigenvalue weighted by Gasteiger charge is 2.30. The van der Waals surface area contributed by atoms with Gasteiger partial charge in [-0.2, -0.15) is 0 Å². The van der Waals surface area contributed by atoms with Crippen LogP contribution in [0.25, 0.3) is 10.8 Å². The van der Waals surface area contributed by atoms with Gasteiger partial charge in [0.05, 0.1) is 17.0 Å². The molecular weight excluding hydrogens is 346 g/mol. The molecule has 4 rings (SSSR count). The van der Waals surface area contributed by atoms with Gasteiger partial charge in [0, 0.05) is 11.9 Å². The van der Waals surface area contributed by atoms with Gasteiger partial charge >= 0.3 is 0 Å². The molecule has 1 heterocycles. The molecule has 0 radical (unpaired) electrons. The smallest absolute Gasteiger partial charge is 0.240 e. The zero-order valence-electron chi connectivity index (χ0n) is 14.9. The second-order valence-corrected chi connectivity index (χ2v) is 7.79. The lowest BCUT2D eigenvalue weighted by molar-refractivity contribution is -0.117. The van der Waals surface area contributed by atoms with Crippen LogP contribution in [0.15, 0.2) is 47.6 Å². The first-order chi connectivity index (χ1) is 12.7. The zero-order valence-corrected chi connectivity index (χ0v) is 15.7. The highest BCUT2D eigenvalue weighted by molar-refractivity contribution is 8.00. The summed E-state index contributed by atoms with van der Waals surface area (Å²) in [5.41, 5.74) is 0.949. The van der Waals surface area contributed by atoms with Gasteiger partial charge in [0.25, 0.3) is 0 Å². The number of rotatable bonds is 6. The van der Waals surface area contributed by atoms with Gasteiger partial charge in [-0.3, -0.25) is 4.79 Å². The molecule has 1 aliphatic rings. The van der Waals surface area contributed by atoms with E-state index in [1.54, 1.807) is 0 Å². The Morgan fingerprint density at radius 3 is 2.81 bits per heavy atom. The fraction of sp³-hybridized carbons (Fsp3) is 0.368. The summed E-state index contributed by atoms with van der Waals surface area (Å²) in [6.07, 6.45) is 2.22. The second-order valence-electron chi connectivity index (χ2n) is 6.48. The molecule has 2 aromatic carbocycles. The minimum Gasteiger partial charge on any atom is -0.311 e. The lowest BCUT2D eigenvalue weighted by atomic mass is 10.1. The SMILES string of the molecule is CCN(C(=O)[C@H](C)Sc1nnnn1C1CC1)c1cccc2ccccc12. The predicted octanol–water partition coefficient (Wildman–Crippen LogP) is 3.69. The van der Waals surface area contributed by atoms with Gasteiger partial charge < -0.3 is 4.90 Å². The first kappa shape index (κ1) is 17.0. The third-order valence-electron chi connectivity index (χ3n) is 4.62. The number of amides is 1. The van der Waals surface area contributed by atoms with Crippen LogP contribution in [-0.2, 0) is 4.79 Å². The van der Waals surface area contributed by atoms with Crippen LogP contribution < -0.4 is 4.90 Å². The Balaban J connectivity index is 1.59. The van der Waals surface area contributed by atoms with Gasteiger partial charge in [-0.25, -0.2) is 4.68 Å². The molecule has 1 atom stereocenters. The summed E-state index contributed by atoms with van der Waals surface area (Å²) >= 11 is 1.43. The van der Waals surface area contributed by atoms with Crippen LogP contribution in [0.4, 0.5) is 5.69 Å². The molecule has 0 spiro atoms. The number of hydrogen-bond donors (Lipinski definition) is 0. The van der Waals surface area contributed by atoms with E-state index in [-0.39, 0.29) is 11.2 Å². The van der Waals surface area contributed by atoms with E-state index in [2.05, 4.69) is 33.7 Å². The molecule has 0 bridgehead atoms. The number of fused-ring (bicyclic) bond motifs is 1. The summed E-state index contributed by atoms with van der Waals surface area (Å²) in [5.74, 6) is 0.0687. The first-order valence-corrected chi connectivity index (χ1v) is 9.80. The highest BCUT2D eigenvalue weighted by Crippen LogP contribution is 2.37. The Morgan fingerprint density at radius 1 is 1.27 bits per heavy atom. The molecule has 0 unspecified atom stereocenters. The Kier molecular flexibility index (Phi) is 4.63. The number of benzene rings is 2. The summed E-state index contributed by atoms with van der Waals surface area (Å²) in [6, 6.07) is 14.6. The van der Waals surface area contributed by atoms with Crippen molar-refractivity contribution in [2.24, 2.45) is 0 Å². The number of carbonyl (C=O) groups is 1. The normalized spacial score (nSPS) is 15.2. The summed E-state index contributed by atoms with van der Waals surface area (Å²) < 4.78 is 1.85. The molecule has 3 aromatic rings. The Labute approximate surface area is 156 Å².